The molecule has 0 spiro atoms. The van der Waals surface area contributed by atoms with Gasteiger partial charge in [0.1, 0.15) is 0 Å². The van der Waals surface area contributed by atoms with Gasteiger partial charge in [-0.1, -0.05) is 34.6 Å². The Morgan fingerprint density at radius 2 is 1.64 bits per heavy atom. The molecule has 5 unspecified atom stereocenters. The number of nitrogens with one attached hydrogen (secondary N) is 1. The molecule has 0 aromatic carbocycles. The molecule has 5 aliphatic rings. The smallest absolute Gasteiger partial charge is 0.393 e. The van der Waals surface area contributed by atoms with Crippen molar-refractivity contribution in [3.63, 3.8) is 0 Å². The molecule has 5 fully saturated rings. The fraction of sp³-hybridized carbons (Fsp3) is 1.00. The zero-order valence-corrected chi connectivity index (χ0v) is 28.1. The van der Waals surface area contributed by atoms with E-state index in [0.717, 1.165) is 19.4 Å². The van der Waals surface area contributed by atoms with E-state index in [2.05, 4.69) is 31.0 Å². The van der Waals surface area contributed by atoms with Gasteiger partial charge in [-0.2, -0.15) is 8.42 Å². The lowest BCUT2D eigenvalue weighted by Crippen LogP contribution is -2.59. The second kappa shape index (κ2) is 13.2. The molecular weight excluding hydrogens is 548 g/mol. The summed E-state index contributed by atoms with van der Waals surface area (Å²) in [5.41, 5.74) is 0.580. The summed E-state index contributed by atoms with van der Waals surface area (Å²) in [7, 11) is -4.45. The molecule has 0 bridgehead atoms. The first kappa shape index (κ1) is 33.1. The largest absolute Gasteiger partial charge is 0.397 e. The van der Waals surface area contributed by atoms with E-state index in [1.165, 1.54) is 83.8 Å². The maximum atomic E-state index is 11.8. The number of aliphatic hydroxyl groups excluding tert-OH is 1. The lowest BCUT2D eigenvalue weighted by Gasteiger charge is -2.62. The minimum atomic E-state index is -4.45. The first-order valence-electron chi connectivity index (χ1n) is 17.6. The maximum absolute atomic E-state index is 11.8. The Hall–Kier alpha value is -0.250. The summed E-state index contributed by atoms with van der Waals surface area (Å²) in [6.45, 7) is 16.3. The van der Waals surface area contributed by atoms with Gasteiger partial charge in [0.25, 0.3) is 0 Å². The number of nitrogens with zero attached hydrogens (tertiary/aromatic N) is 1. The van der Waals surface area contributed by atoms with Crippen LogP contribution in [0.3, 0.4) is 0 Å². The van der Waals surface area contributed by atoms with Gasteiger partial charge in [0.2, 0.25) is 0 Å². The second-order valence-electron chi connectivity index (χ2n) is 16.2. The summed E-state index contributed by atoms with van der Waals surface area (Å²) in [6.07, 6.45) is 14.5. The minimum absolute atomic E-state index is 0.0211. The standard InChI is InChI=1S/C34H62N2O5S/c1-23(2)31(41-42(38,39)40)12-9-24(3)27-10-11-28-32-29(14-16-34(27,28)5)33(4)15-13-26(21-25(33)22-30(32)37)35-17-8-20-36-18-6-7-19-36/h23-32,35,37H,6-22H2,1-5H3,(H,38,39,40)/t24-,25?,26+,27-,28?,29?,30+,31?,32?,33+,34-/m1/s1. The van der Waals surface area contributed by atoms with Gasteiger partial charge in [-0.05, 0) is 162 Å². The van der Waals surface area contributed by atoms with Crippen LogP contribution in [0.4, 0.5) is 0 Å². The van der Waals surface area contributed by atoms with Crippen LogP contribution < -0.4 is 5.32 Å². The molecule has 5 rings (SSSR count). The Bertz CT molecular complexity index is 1000. The zero-order chi connectivity index (χ0) is 30.3. The van der Waals surface area contributed by atoms with E-state index in [1.54, 1.807) is 0 Å². The summed E-state index contributed by atoms with van der Waals surface area (Å²) < 4.78 is 37.1. The molecule has 7 nitrogen and oxygen atoms in total. The third kappa shape index (κ3) is 6.94. The maximum Gasteiger partial charge on any atom is 0.397 e. The molecule has 8 heteroatoms. The molecule has 0 amide bonds. The molecule has 0 radical (unpaired) electrons. The van der Waals surface area contributed by atoms with Crippen molar-refractivity contribution in [2.24, 2.45) is 52.3 Å². The van der Waals surface area contributed by atoms with Crippen molar-refractivity contribution in [3.05, 3.63) is 0 Å². The molecule has 4 saturated carbocycles. The normalized spacial score (nSPS) is 42.2. The van der Waals surface area contributed by atoms with E-state index in [-0.39, 0.29) is 17.4 Å². The quantitative estimate of drug-likeness (QED) is 0.176. The van der Waals surface area contributed by atoms with Crippen molar-refractivity contribution >= 4 is 10.4 Å². The Morgan fingerprint density at radius 1 is 0.952 bits per heavy atom. The average molecular weight is 611 g/mol. The van der Waals surface area contributed by atoms with Gasteiger partial charge in [-0.25, -0.2) is 4.18 Å². The number of likely N-dealkylation sites (tertiary alicyclic amines) is 1. The SMILES string of the molecule is CC(C)C(CC[C@@H](C)[C@H]1CCC2C3C(CC[C@@]21C)[C@@]1(C)CC[C@H](NCCCN2CCCC2)CC1C[C@@H]3O)OS(=O)(=O)O. The van der Waals surface area contributed by atoms with Crippen LogP contribution >= 0.6 is 0 Å². The molecule has 3 N–H and O–H groups in total. The fourth-order valence-electron chi connectivity index (χ4n) is 11.3. The van der Waals surface area contributed by atoms with E-state index in [4.69, 9.17) is 4.18 Å². The second-order valence-corrected chi connectivity index (χ2v) is 17.3. The van der Waals surface area contributed by atoms with Gasteiger partial charge in [0, 0.05) is 6.04 Å². The molecule has 42 heavy (non-hydrogen) atoms. The fourth-order valence-corrected chi connectivity index (χ4v) is 11.9. The van der Waals surface area contributed by atoms with E-state index in [1.807, 2.05) is 13.8 Å². The van der Waals surface area contributed by atoms with Crippen LogP contribution in [0.1, 0.15) is 118 Å². The van der Waals surface area contributed by atoms with Crippen molar-refractivity contribution in [2.45, 2.75) is 136 Å². The average Bonchev–Trinajstić information content (AvgIpc) is 3.56. The molecule has 4 aliphatic carbocycles. The van der Waals surface area contributed by atoms with Crippen LogP contribution in [0, 0.1) is 52.3 Å². The van der Waals surface area contributed by atoms with Gasteiger partial charge in [0.05, 0.1) is 12.2 Å². The number of fused-ring (bicyclic) bond motifs is 5. The Labute approximate surface area is 257 Å². The minimum Gasteiger partial charge on any atom is -0.393 e. The Morgan fingerprint density at radius 3 is 2.33 bits per heavy atom. The van der Waals surface area contributed by atoms with Crippen LogP contribution in [0.5, 0.6) is 0 Å². The number of rotatable bonds is 12. The first-order valence-corrected chi connectivity index (χ1v) is 19.0. The van der Waals surface area contributed by atoms with Crippen molar-refractivity contribution < 1.29 is 22.3 Å². The van der Waals surface area contributed by atoms with Gasteiger partial charge in [-0.15, -0.1) is 0 Å². The third-order valence-electron chi connectivity index (χ3n) is 13.6. The predicted molar refractivity (Wildman–Crippen MR) is 168 cm³/mol. The van der Waals surface area contributed by atoms with Crippen LogP contribution in [0.25, 0.3) is 0 Å². The van der Waals surface area contributed by atoms with Crippen molar-refractivity contribution in [1.82, 2.24) is 10.2 Å². The summed E-state index contributed by atoms with van der Waals surface area (Å²) in [6, 6.07) is 0.607. The Kier molecular flexibility index (Phi) is 10.4. The van der Waals surface area contributed by atoms with E-state index in [9.17, 15) is 18.1 Å². The summed E-state index contributed by atoms with van der Waals surface area (Å²) >= 11 is 0. The molecule has 11 atom stereocenters. The van der Waals surface area contributed by atoms with Crippen LogP contribution in [0.15, 0.2) is 0 Å². The lowest BCUT2D eigenvalue weighted by atomic mass is 9.43. The highest BCUT2D eigenvalue weighted by atomic mass is 32.3. The van der Waals surface area contributed by atoms with E-state index >= 15 is 0 Å². The van der Waals surface area contributed by atoms with Crippen molar-refractivity contribution in [1.29, 1.82) is 0 Å². The highest BCUT2D eigenvalue weighted by Crippen LogP contribution is 2.68. The molecule has 0 aromatic rings. The lowest BCUT2D eigenvalue weighted by molar-refractivity contribution is -0.167. The van der Waals surface area contributed by atoms with Gasteiger partial charge in [-0.3, -0.25) is 4.55 Å². The van der Waals surface area contributed by atoms with Gasteiger partial charge >= 0.3 is 10.4 Å². The van der Waals surface area contributed by atoms with Gasteiger partial charge in [0.15, 0.2) is 0 Å². The molecule has 0 aromatic heterocycles. The third-order valence-corrected chi connectivity index (χ3v) is 14.1. The first-order chi connectivity index (χ1) is 19.8. The zero-order valence-electron chi connectivity index (χ0n) is 27.3. The summed E-state index contributed by atoms with van der Waals surface area (Å²) in [5, 5.41) is 15.7. The van der Waals surface area contributed by atoms with E-state index in [0.29, 0.717) is 53.4 Å². The van der Waals surface area contributed by atoms with Gasteiger partial charge < -0.3 is 15.3 Å². The predicted octanol–water partition coefficient (Wildman–Crippen LogP) is 6.32. The van der Waals surface area contributed by atoms with Crippen LogP contribution in [-0.2, 0) is 14.6 Å². The van der Waals surface area contributed by atoms with Crippen molar-refractivity contribution in [2.75, 3.05) is 26.2 Å². The molecule has 244 valence electrons. The molecular formula is C34H62N2O5S. The molecule has 1 aliphatic heterocycles. The molecule has 1 saturated heterocycles. The number of aliphatic hydroxyl groups is 1. The highest BCUT2D eigenvalue weighted by molar-refractivity contribution is 7.80. The van der Waals surface area contributed by atoms with Crippen molar-refractivity contribution in [3.8, 4) is 0 Å². The molecule has 1 heterocycles. The topological polar surface area (TPSA) is 99.1 Å². The van der Waals surface area contributed by atoms with E-state index < -0.39 is 16.5 Å². The van der Waals surface area contributed by atoms with Crippen LogP contribution in [-0.4, -0.2) is 67.4 Å². The number of hydrogen-bond donors (Lipinski definition) is 3. The van der Waals surface area contributed by atoms with Crippen LogP contribution in [0.2, 0.25) is 0 Å². The summed E-state index contributed by atoms with van der Waals surface area (Å²) in [4.78, 5) is 2.61. The monoisotopic (exact) mass is 610 g/mol. The Balaban J connectivity index is 1.18. The highest BCUT2D eigenvalue weighted by Gasteiger charge is 2.62. The number of hydrogen-bond acceptors (Lipinski definition) is 6. The summed E-state index contributed by atoms with van der Waals surface area (Å²) in [5.74, 6) is 3.30.